The van der Waals surface area contributed by atoms with Gasteiger partial charge in [-0.2, -0.15) is 0 Å². The summed E-state index contributed by atoms with van der Waals surface area (Å²) in [7, 11) is 9.74. The zero-order valence-electron chi connectivity index (χ0n) is 3.57. The van der Waals surface area contributed by atoms with Crippen LogP contribution in [0.4, 0.5) is 0 Å². The highest BCUT2D eigenvalue weighted by Gasteiger charge is 1.71. The topological polar surface area (TPSA) is 24.1 Å². The average Bonchev–Trinajstić information content (AvgIpc) is 1.61. The van der Waals surface area contributed by atoms with Gasteiger partial charge in [-0.25, -0.2) is 0 Å². The van der Waals surface area contributed by atoms with Crippen LogP contribution in [-0.2, 0) is 0 Å². The molecule has 4 heteroatoms. The predicted molar refractivity (Wildman–Crippen MR) is 27.5 cm³/mol. The van der Waals surface area contributed by atoms with E-state index in [1.54, 1.807) is 0 Å². The number of hydrogen-bond donors (Lipinski definition) is 2. The standard InChI is InChI=1S/C2H6B2N2/c3-5-1-2-6-4/h5-6H,1-2H2. The monoisotopic (exact) mass is 80.1 g/mol. The summed E-state index contributed by atoms with van der Waals surface area (Å²) in [5.74, 6) is 0. The summed E-state index contributed by atoms with van der Waals surface area (Å²) < 4.78 is 0. The Morgan fingerprint density at radius 2 is 1.33 bits per heavy atom. The molecule has 0 aromatic carbocycles. The molecule has 4 radical (unpaired) electrons. The molecule has 2 nitrogen and oxygen atoms in total. The van der Waals surface area contributed by atoms with Gasteiger partial charge in [-0.1, -0.05) is 0 Å². The van der Waals surface area contributed by atoms with Gasteiger partial charge in [-0.05, 0) is 13.1 Å². The highest BCUT2D eigenvalue weighted by molar-refractivity contribution is 6.05. The molecule has 0 atom stereocenters. The fourth-order valence-electron chi connectivity index (χ4n) is 0.144. The minimum atomic E-state index is 0.705. The van der Waals surface area contributed by atoms with E-state index in [9.17, 15) is 0 Å². The Hall–Kier alpha value is 0.0499. The normalized spacial score (nSPS) is 8.67. The van der Waals surface area contributed by atoms with Gasteiger partial charge in [0, 0.05) is 0 Å². The van der Waals surface area contributed by atoms with Crippen molar-refractivity contribution in [2.75, 3.05) is 13.1 Å². The van der Waals surface area contributed by atoms with Crippen LogP contribution >= 0.6 is 0 Å². The van der Waals surface area contributed by atoms with Gasteiger partial charge < -0.3 is 10.5 Å². The zero-order valence-corrected chi connectivity index (χ0v) is 3.57. The average molecular weight is 79.7 g/mol. The van der Waals surface area contributed by atoms with Gasteiger partial charge in [-0.15, -0.1) is 0 Å². The SMILES string of the molecule is [B]NCCN[B]. The largest absolute Gasteiger partial charge is 0.365 e. The number of rotatable bonds is 3. The van der Waals surface area contributed by atoms with Crippen LogP contribution in [0.5, 0.6) is 0 Å². The highest BCUT2D eigenvalue weighted by Crippen LogP contribution is 1.43. The Balaban J connectivity index is 2.34. The molecule has 0 spiro atoms. The van der Waals surface area contributed by atoms with Gasteiger partial charge in [0.05, 0.1) is 0 Å². The molecule has 0 bridgehead atoms. The van der Waals surface area contributed by atoms with Crippen molar-refractivity contribution in [2.45, 2.75) is 0 Å². The van der Waals surface area contributed by atoms with E-state index < -0.39 is 0 Å². The third-order valence-electron chi connectivity index (χ3n) is 0.414. The second-order valence-corrected chi connectivity index (χ2v) is 0.908. The summed E-state index contributed by atoms with van der Waals surface area (Å²) >= 11 is 0. The molecule has 0 amide bonds. The molecule has 0 unspecified atom stereocenters. The van der Waals surface area contributed by atoms with E-state index >= 15 is 0 Å². The van der Waals surface area contributed by atoms with Crippen LogP contribution < -0.4 is 10.5 Å². The summed E-state index contributed by atoms with van der Waals surface area (Å²) in [6.07, 6.45) is 0. The van der Waals surface area contributed by atoms with Crippen molar-refractivity contribution < 1.29 is 0 Å². The van der Waals surface area contributed by atoms with Crippen LogP contribution in [0.1, 0.15) is 0 Å². The molecule has 6 heavy (non-hydrogen) atoms. The minimum Gasteiger partial charge on any atom is -0.365 e. The maximum absolute atomic E-state index is 4.87. The summed E-state index contributed by atoms with van der Waals surface area (Å²) in [5, 5.41) is 4.85. The summed E-state index contributed by atoms with van der Waals surface area (Å²) in [4.78, 5) is 0. The first-order chi connectivity index (χ1) is 2.91. The zero-order chi connectivity index (χ0) is 4.83. The van der Waals surface area contributed by atoms with Crippen molar-refractivity contribution in [3.05, 3.63) is 0 Å². The molecule has 2 N–H and O–H groups in total. The van der Waals surface area contributed by atoms with E-state index in [0.29, 0.717) is 13.1 Å². The predicted octanol–water partition coefficient (Wildman–Crippen LogP) is -1.67. The van der Waals surface area contributed by atoms with E-state index in [-0.39, 0.29) is 0 Å². The molecule has 0 aliphatic rings. The van der Waals surface area contributed by atoms with Gasteiger partial charge >= 0.3 is 0 Å². The van der Waals surface area contributed by atoms with Crippen LogP contribution in [0.25, 0.3) is 0 Å². The van der Waals surface area contributed by atoms with Gasteiger partial charge in [0.1, 0.15) is 0 Å². The van der Waals surface area contributed by atoms with E-state index in [1.165, 1.54) is 0 Å². The van der Waals surface area contributed by atoms with Crippen molar-refractivity contribution in [1.82, 2.24) is 10.5 Å². The van der Waals surface area contributed by atoms with Gasteiger partial charge in [0.25, 0.3) is 0 Å². The molecule has 0 fully saturated rings. The lowest BCUT2D eigenvalue weighted by atomic mass is 10.3. The quantitative estimate of drug-likeness (QED) is 0.313. The molecule has 0 aliphatic carbocycles. The maximum atomic E-state index is 4.87. The molecular weight excluding hydrogens is 73.7 g/mol. The molecule has 0 saturated carbocycles. The van der Waals surface area contributed by atoms with Gasteiger partial charge in [-0.3, -0.25) is 0 Å². The van der Waals surface area contributed by atoms with Crippen molar-refractivity contribution >= 4 is 16.0 Å². The maximum Gasteiger partial charge on any atom is 0.177 e. The van der Waals surface area contributed by atoms with Crippen LogP contribution in [0.15, 0.2) is 0 Å². The van der Waals surface area contributed by atoms with Crippen LogP contribution in [0, 0.1) is 0 Å². The molecule has 0 aromatic heterocycles. The third-order valence-corrected chi connectivity index (χ3v) is 0.414. The molecule has 0 heterocycles. The Morgan fingerprint density at radius 1 is 1.00 bits per heavy atom. The van der Waals surface area contributed by atoms with Gasteiger partial charge in [0.15, 0.2) is 16.0 Å². The first-order valence-electron chi connectivity index (χ1n) is 1.78. The van der Waals surface area contributed by atoms with Crippen LogP contribution in [-0.4, -0.2) is 29.1 Å². The Kier molecular flexibility index (Phi) is 5.09. The molecule has 0 aromatic rings. The second-order valence-electron chi connectivity index (χ2n) is 0.908. The Morgan fingerprint density at radius 3 is 1.50 bits per heavy atom. The third kappa shape index (κ3) is 4.05. The minimum absolute atomic E-state index is 0.705. The highest BCUT2D eigenvalue weighted by atomic mass is 14.8. The van der Waals surface area contributed by atoms with Crippen molar-refractivity contribution in [3.8, 4) is 0 Å². The lowest BCUT2D eigenvalue weighted by Gasteiger charge is -1.93. The Bertz CT molecular complexity index is 21.5. The molecule has 0 saturated heterocycles. The summed E-state index contributed by atoms with van der Waals surface area (Å²) in [5.41, 5.74) is 0. The first kappa shape index (κ1) is 6.05. The van der Waals surface area contributed by atoms with Gasteiger partial charge in [0.2, 0.25) is 0 Å². The fourth-order valence-corrected chi connectivity index (χ4v) is 0.144. The Labute approximate surface area is 40.6 Å². The molecule has 0 aliphatic heterocycles. The van der Waals surface area contributed by atoms with E-state index in [4.69, 9.17) is 16.0 Å². The fraction of sp³-hybridized carbons (Fsp3) is 1.00. The second kappa shape index (κ2) is 5.05. The summed E-state index contributed by atoms with van der Waals surface area (Å²) in [6.45, 7) is 1.41. The lowest BCUT2D eigenvalue weighted by Crippen LogP contribution is -2.23. The lowest BCUT2D eigenvalue weighted by molar-refractivity contribution is 0.856. The van der Waals surface area contributed by atoms with Crippen LogP contribution in [0.2, 0.25) is 0 Å². The molecular formula is C2H6B2N2. The summed E-state index contributed by atoms with van der Waals surface area (Å²) in [6, 6.07) is 0. The van der Waals surface area contributed by atoms with Crippen molar-refractivity contribution in [3.63, 3.8) is 0 Å². The number of hydrogen-bond acceptors (Lipinski definition) is 2. The molecule has 30 valence electrons. The van der Waals surface area contributed by atoms with Crippen molar-refractivity contribution in [2.24, 2.45) is 0 Å². The smallest absolute Gasteiger partial charge is 0.177 e. The molecule has 0 rings (SSSR count). The van der Waals surface area contributed by atoms with Crippen molar-refractivity contribution in [1.29, 1.82) is 0 Å². The van der Waals surface area contributed by atoms with Crippen LogP contribution in [0.3, 0.4) is 0 Å². The van der Waals surface area contributed by atoms with E-state index in [2.05, 4.69) is 10.5 Å². The van der Waals surface area contributed by atoms with E-state index in [1.807, 2.05) is 0 Å². The van der Waals surface area contributed by atoms with E-state index in [0.717, 1.165) is 0 Å². The first-order valence-corrected chi connectivity index (χ1v) is 1.78. The number of nitrogens with one attached hydrogen (secondary N) is 2.